The SMILES string of the molecule is CCN1\C(=C/C=C/C=C/C2=[N+](CCCCCC(=O)NCCCCCC(=O)NCC#Cc3cc([N+](=O)[O-])n([C@H]4C[C@H](O)[C@@H](COP(=O)(O)OP(=O)(O)OP(=O)(O)O)O4)c3)c3ccc(S(=O)(=O)[O-])cc3C2(C)C)C(C)(C)c2cc(S(=O)(=O)O)ccc21. The fourth-order valence-electron chi connectivity index (χ4n) is 10.00. The van der Waals surface area contributed by atoms with Crippen LogP contribution in [0.1, 0.15) is 115 Å². The Bertz CT molecular complexity index is 3580. The first kappa shape index (κ1) is 67.6. The third-order valence-electron chi connectivity index (χ3n) is 14.0. The number of amides is 2. The van der Waals surface area contributed by atoms with Gasteiger partial charge in [-0.3, -0.25) is 18.7 Å². The zero-order chi connectivity index (χ0) is 62.2. The molecule has 0 bridgehead atoms. The molecule has 28 nitrogen and oxygen atoms in total. The molecule has 84 heavy (non-hydrogen) atoms. The Kier molecular flexibility index (Phi) is 22.1. The standard InChI is InChI=1S/C51H67N6O22P3S2/c1-6-54-40-24-22-36(83(70,71)72)30-38(40)50(2,3)44(54)18-10-7-11-19-45-51(4,5)39-31-37(84(73,74)75)23-25-41(39)55(45)28-15-9-13-21-46(59)52-26-14-8-12-20-47(60)53-27-16-17-35-29-48(57(61)62)56(33-35)49-32-42(58)43(77-49)34-76-81(66,67)79-82(68,69)78-80(63,64)65/h7,10-11,18-19,22-25,29-31,33,42-43,49,58H,6,8-9,12-15,20-21,26-28,32,34H2,1-5H3,(H7-,52,53,59,60,63,64,65,66,67,68,69,70,71,72,73,74,75)/t42-,43+,49+/m0/s1. The molecule has 5 atom stereocenters. The van der Waals surface area contributed by atoms with E-state index in [9.17, 15) is 74.2 Å². The highest BCUT2D eigenvalue weighted by Gasteiger charge is 2.46. The van der Waals surface area contributed by atoms with E-state index < -0.39 is 90.3 Å². The lowest BCUT2D eigenvalue weighted by Gasteiger charge is -2.25. The third-order valence-corrected chi connectivity index (χ3v) is 19.5. The van der Waals surface area contributed by atoms with Crippen LogP contribution < -0.4 is 15.5 Å². The van der Waals surface area contributed by atoms with Gasteiger partial charge in [0.2, 0.25) is 23.7 Å². The van der Waals surface area contributed by atoms with Crippen molar-refractivity contribution < 1.29 is 101 Å². The van der Waals surface area contributed by atoms with E-state index in [1.807, 2.05) is 65.0 Å². The number of nitrogens with one attached hydrogen (secondary N) is 2. The number of aromatic nitrogens is 1. The van der Waals surface area contributed by atoms with Gasteiger partial charge in [0.25, 0.3) is 10.1 Å². The Labute approximate surface area is 485 Å². The van der Waals surface area contributed by atoms with E-state index in [1.54, 1.807) is 12.1 Å². The number of carbonyl (C=O) groups is 2. The molecule has 2 amide bonds. The second-order valence-corrected chi connectivity index (χ2v) is 28.0. The summed E-state index contributed by atoms with van der Waals surface area (Å²) in [5.74, 6) is 4.44. The van der Waals surface area contributed by atoms with Crippen LogP contribution in [0.25, 0.3) is 0 Å². The molecule has 33 heteroatoms. The van der Waals surface area contributed by atoms with Crippen LogP contribution >= 0.6 is 23.5 Å². The van der Waals surface area contributed by atoms with Crippen molar-refractivity contribution in [3.05, 3.63) is 112 Å². The molecule has 3 aliphatic heterocycles. The van der Waals surface area contributed by atoms with E-state index in [0.29, 0.717) is 63.7 Å². The second-order valence-electron chi connectivity index (χ2n) is 20.7. The monoisotopic (exact) mass is 1270 g/mol. The molecule has 460 valence electrons. The number of rotatable bonds is 28. The van der Waals surface area contributed by atoms with E-state index >= 15 is 0 Å². The topological polar surface area (TPSA) is 413 Å². The molecule has 1 fully saturated rings. The number of nitrogens with zero attached hydrogens (tertiary/aromatic N) is 4. The van der Waals surface area contributed by atoms with E-state index in [2.05, 4.69) is 45.1 Å². The number of fused-ring (bicyclic) bond motifs is 2. The first-order valence-electron chi connectivity index (χ1n) is 26.3. The van der Waals surface area contributed by atoms with Crippen LogP contribution in [0.2, 0.25) is 0 Å². The number of carbonyl (C=O) groups excluding carboxylic acids is 2. The number of ether oxygens (including phenoxy) is 1. The molecule has 8 N–H and O–H groups in total. The molecule has 3 aromatic rings. The molecule has 0 spiro atoms. The number of anilines is 1. The predicted octanol–water partition coefficient (Wildman–Crippen LogP) is 6.13. The van der Waals surface area contributed by atoms with Gasteiger partial charge in [-0.05, 0) is 93.3 Å². The van der Waals surface area contributed by atoms with Crippen LogP contribution in [-0.4, -0.2) is 127 Å². The van der Waals surface area contributed by atoms with Crippen molar-refractivity contribution in [2.75, 3.05) is 37.7 Å². The van der Waals surface area contributed by atoms with Crippen molar-refractivity contribution >= 4 is 78.4 Å². The van der Waals surface area contributed by atoms with Gasteiger partial charge in [-0.2, -0.15) is 21.6 Å². The number of likely N-dealkylation sites (N-methyl/N-ethyl adjacent to an activating group) is 1. The van der Waals surface area contributed by atoms with E-state index in [4.69, 9.17) is 14.5 Å². The van der Waals surface area contributed by atoms with Crippen molar-refractivity contribution in [1.82, 2.24) is 15.2 Å². The molecular weight excluding hydrogens is 1210 g/mol. The first-order valence-corrected chi connectivity index (χ1v) is 33.6. The molecule has 4 heterocycles. The summed E-state index contributed by atoms with van der Waals surface area (Å²) in [6, 6.07) is 10.1. The Morgan fingerprint density at radius 2 is 1.52 bits per heavy atom. The van der Waals surface area contributed by atoms with Crippen LogP contribution in [0, 0.1) is 22.0 Å². The molecule has 1 saturated heterocycles. The number of hydrogen-bond donors (Lipinski definition) is 8. The Hall–Kier alpha value is -5.54. The van der Waals surface area contributed by atoms with Gasteiger partial charge in [0, 0.05) is 73.3 Å². The van der Waals surface area contributed by atoms with Crippen LogP contribution in [0.15, 0.2) is 94.5 Å². The highest BCUT2D eigenvalue weighted by Crippen LogP contribution is 2.66. The Morgan fingerprint density at radius 1 is 0.869 bits per heavy atom. The normalized spacial score (nSPS) is 20.4. The van der Waals surface area contributed by atoms with Gasteiger partial charge in [0.1, 0.15) is 29.0 Å². The average molecular weight is 1270 g/mol. The number of phosphoric ester groups is 1. The minimum absolute atomic E-state index is 0.106. The van der Waals surface area contributed by atoms with Crippen LogP contribution in [-0.2, 0) is 72.2 Å². The van der Waals surface area contributed by atoms with Gasteiger partial charge in [-0.1, -0.05) is 50.3 Å². The van der Waals surface area contributed by atoms with Gasteiger partial charge < -0.3 is 59.6 Å². The van der Waals surface area contributed by atoms with Crippen LogP contribution in [0.3, 0.4) is 0 Å². The number of hydrogen-bond acceptors (Lipinski definition) is 18. The maximum Gasteiger partial charge on any atom is 0.490 e. The number of aliphatic hydroxyl groups is 1. The summed E-state index contributed by atoms with van der Waals surface area (Å²) in [4.78, 5) is 74.3. The van der Waals surface area contributed by atoms with E-state index in [-0.39, 0.29) is 53.0 Å². The van der Waals surface area contributed by atoms with Gasteiger partial charge in [-0.15, -0.1) is 0 Å². The fourth-order valence-corrected chi connectivity index (χ4v) is 14.0. The molecule has 0 saturated carbocycles. The summed E-state index contributed by atoms with van der Waals surface area (Å²) in [6.07, 6.45) is 10.5. The van der Waals surface area contributed by atoms with Crippen molar-refractivity contribution in [1.29, 1.82) is 0 Å². The van der Waals surface area contributed by atoms with Gasteiger partial charge in [-0.25, -0.2) is 26.7 Å². The summed E-state index contributed by atoms with van der Waals surface area (Å²) in [5.41, 5.74) is 3.68. The summed E-state index contributed by atoms with van der Waals surface area (Å²) in [7, 11) is -26.1. The van der Waals surface area contributed by atoms with Crippen molar-refractivity contribution in [2.24, 2.45) is 0 Å². The van der Waals surface area contributed by atoms with Crippen molar-refractivity contribution in [3.63, 3.8) is 0 Å². The number of nitro groups is 1. The van der Waals surface area contributed by atoms with E-state index in [1.165, 1.54) is 30.5 Å². The van der Waals surface area contributed by atoms with Gasteiger partial charge >= 0.3 is 29.3 Å². The summed E-state index contributed by atoms with van der Waals surface area (Å²) in [6.45, 7) is 10.3. The molecule has 2 unspecified atom stereocenters. The minimum atomic E-state index is -5.80. The second kappa shape index (κ2) is 27.4. The number of allylic oxidation sites excluding steroid dienone is 6. The van der Waals surface area contributed by atoms with Crippen molar-refractivity contribution in [2.45, 2.75) is 131 Å². The van der Waals surface area contributed by atoms with E-state index in [0.717, 1.165) is 39.0 Å². The Morgan fingerprint density at radius 3 is 2.17 bits per heavy atom. The lowest BCUT2D eigenvalue weighted by Crippen LogP contribution is -2.28. The minimum Gasteiger partial charge on any atom is -0.744 e. The summed E-state index contributed by atoms with van der Waals surface area (Å²) < 4.78 is 125. The number of phosphoric acid groups is 3. The van der Waals surface area contributed by atoms with Gasteiger partial charge in [0.05, 0.1) is 46.1 Å². The maximum atomic E-state index is 12.7. The van der Waals surface area contributed by atoms with Gasteiger partial charge in [0.15, 0.2) is 5.71 Å². The molecule has 3 aliphatic rings. The summed E-state index contributed by atoms with van der Waals surface area (Å²) >= 11 is 0. The predicted molar refractivity (Wildman–Crippen MR) is 301 cm³/mol. The lowest BCUT2D eigenvalue weighted by molar-refractivity contribution is -0.438. The molecular formula is C51H67N6O22P3S2. The largest absolute Gasteiger partial charge is 0.744 e. The molecule has 6 rings (SSSR count). The third kappa shape index (κ3) is 17.8. The quantitative estimate of drug-likeness (QED) is 0.00592. The average Bonchev–Trinajstić information content (AvgIpc) is 1.88. The van der Waals surface area contributed by atoms with Crippen LogP contribution in [0.4, 0.5) is 17.2 Å². The zero-order valence-electron chi connectivity index (χ0n) is 46.3. The zero-order valence-corrected chi connectivity index (χ0v) is 50.6. The number of aliphatic hydroxyl groups excluding tert-OH is 1. The lowest BCUT2D eigenvalue weighted by atomic mass is 9.81. The number of benzene rings is 2. The Balaban J connectivity index is 0.922. The molecule has 0 radical (unpaired) electrons. The highest BCUT2D eigenvalue weighted by molar-refractivity contribution is 7.86. The number of unbranched alkanes of at least 4 members (excludes halogenated alkanes) is 4. The smallest absolute Gasteiger partial charge is 0.490 e. The first-order chi connectivity index (χ1) is 39.0. The van der Waals surface area contributed by atoms with Crippen molar-refractivity contribution in [3.8, 4) is 11.8 Å². The fraction of sp³-hybridized carbons (Fsp3) is 0.471. The molecule has 0 aliphatic carbocycles. The maximum absolute atomic E-state index is 12.7. The highest BCUT2D eigenvalue weighted by atomic mass is 32.2. The summed E-state index contributed by atoms with van der Waals surface area (Å²) in [5, 5.41) is 27.8. The van der Waals surface area contributed by atoms with Crippen LogP contribution in [0.5, 0.6) is 0 Å². The molecule has 2 aromatic carbocycles. The molecule has 1 aromatic heterocycles.